The maximum absolute atomic E-state index is 12.9. The van der Waals surface area contributed by atoms with Crippen LogP contribution in [-0.4, -0.2) is 44.7 Å². The average molecular weight is 307 g/mol. The van der Waals surface area contributed by atoms with Crippen molar-refractivity contribution >= 4 is 5.91 Å². The lowest BCUT2D eigenvalue weighted by molar-refractivity contribution is -0.123. The van der Waals surface area contributed by atoms with Gasteiger partial charge in [0, 0.05) is 6.20 Å². The maximum atomic E-state index is 12.9. The van der Waals surface area contributed by atoms with Gasteiger partial charge in [-0.25, -0.2) is 9.07 Å². The smallest absolute Gasteiger partial charge is 0.226 e. The van der Waals surface area contributed by atoms with Gasteiger partial charge < -0.3 is 15.5 Å². The molecule has 0 aliphatic rings. The van der Waals surface area contributed by atoms with Crippen LogP contribution in [0.1, 0.15) is 12.6 Å². The minimum Gasteiger partial charge on any atom is -0.394 e. The Bertz CT molecular complexity index is 636. The molecule has 1 heterocycles. The molecule has 6 nitrogen and oxygen atoms in total. The number of amides is 1. The monoisotopic (exact) mass is 307 g/mol. The SMILES string of the molecule is CC(CO)(CO)NC(=O)Cc1ccn(-c2ccc(F)cc2)n1. The lowest BCUT2D eigenvalue weighted by Crippen LogP contribution is -2.52. The Kier molecular flexibility index (Phi) is 4.89. The highest BCUT2D eigenvalue weighted by Gasteiger charge is 2.24. The summed E-state index contributed by atoms with van der Waals surface area (Å²) in [4.78, 5) is 11.9. The summed E-state index contributed by atoms with van der Waals surface area (Å²) < 4.78 is 14.4. The highest BCUT2D eigenvalue weighted by Crippen LogP contribution is 2.09. The van der Waals surface area contributed by atoms with Crippen molar-refractivity contribution in [2.45, 2.75) is 18.9 Å². The highest BCUT2D eigenvalue weighted by atomic mass is 19.1. The third-order valence-corrected chi connectivity index (χ3v) is 3.22. The van der Waals surface area contributed by atoms with Crippen molar-refractivity contribution in [3.63, 3.8) is 0 Å². The molecule has 0 saturated carbocycles. The van der Waals surface area contributed by atoms with E-state index in [0.29, 0.717) is 11.4 Å². The van der Waals surface area contributed by atoms with Gasteiger partial charge in [0.25, 0.3) is 0 Å². The van der Waals surface area contributed by atoms with E-state index in [9.17, 15) is 9.18 Å². The van der Waals surface area contributed by atoms with E-state index in [1.807, 2.05) is 0 Å². The molecule has 1 amide bonds. The Morgan fingerprint density at radius 2 is 1.91 bits per heavy atom. The number of aliphatic hydroxyl groups is 2. The molecular weight excluding hydrogens is 289 g/mol. The van der Waals surface area contributed by atoms with Crippen molar-refractivity contribution in [1.82, 2.24) is 15.1 Å². The summed E-state index contributed by atoms with van der Waals surface area (Å²) >= 11 is 0. The van der Waals surface area contributed by atoms with E-state index in [-0.39, 0.29) is 31.4 Å². The Labute approximate surface area is 127 Å². The molecule has 1 aromatic carbocycles. The summed E-state index contributed by atoms with van der Waals surface area (Å²) in [5.74, 6) is -0.683. The number of hydrogen-bond donors (Lipinski definition) is 3. The zero-order chi connectivity index (χ0) is 16.2. The number of nitrogens with one attached hydrogen (secondary N) is 1. The second kappa shape index (κ2) is 6.67. The number of halogens is 1. The van der Waals surface area contributed by atoms with Crippen molar-refractivity contribution < 1.29 is 19.4 Å². The molecule has 0 spiro atoms. The van der Waals surface area contributed by atoms with E-state index in [1.165, 1.54) is 12.1 Å². The van der Waals surface area contributed by atoms with Crippen LogP contribution in [0, 0.1) is 5.82 Å². The molecule has 0 aliphatic heterocycles. The van der Waals surface area contributed by atoms with Gasteiger partial charge in [0.05, 0.1) is 36.6 Å². The summed E-state index contributed by atoms with van der Waals surface area (Å²) in [6.07, 6.45) is 1.69. The topological polar surface area (TPSA) is 87.4 Å². The van der Waals surface area contributed by atoms with Crippen molar-refractivity contribution in [2.24, 2.45) is 0 Å². The molecular formula is C15H18FN3O3. The van der Waals surface area contributed by atoms with Gasteiger partial charge in [0.1, 0.15) is 5.82 Å². The first-order valence-corrected chi connectivity index (χ1v) is 6.79. The normalized spacial score (nSPS) is 11.5. The van der Waals surface area contributed by atoms with Gasteiger partial charge in [-0.3, -0.25) is 4.79 Å². The molecule has 1 aromatic heterocycles. The lowest BCUT2D eigenvalue weighted by Gasteiger charge is -2.25. The molecule has 2 aromatic rings. The third-order valence-electron chi connectivity index (χ3n) is 3.22. The van der Waals surface area contributed by atoms with Crippen molar-refractivity contribution in [1.29, 1.82) is 0 Å². The molecule has 0 aliphatic carbocycles. The zero-order valence-corrected chi connectivity index (χ0v) is 12.2. The van der Waals surface area contributed by atoms with Crippen LogP contribution in [0.4, 0.5) is 4.39 Å². The van der Waals surface area contributed by atoms with E-state index in [2.05, 4.69) is 10.4 Å². The second-order valence-electron chi connectivity index (χ2n) is 5.33. The van der Waals surface area contributed by atoms with Crippen LogP contribution in [0.25, 0.3) is 5.69 Å². The summed E-state index contributed by atoms with van der Waals surface area (Å²) in [6, 6.07) is 7.51. The average Bonchev–Trinajstić information content (AvgIpc) is 2.96. The predicted molar refractivity (Wildman–Crippen MR) is 77.9 cm³/mol. The largest absolute Gasteiger partial charge is 0.394 e. The van der Waals surface area contributed by atoms with Crippen molar-refractivity contribution in [2.75, 3.05) is 13.2 Å². The first kappa shape index (κ1) is 16.1. The number of aliphatic hydroxyl groups excluding tert-OH is 2. The number of benzene rings is 1. The summed E-state index contributed by atoms with van der Waals surface area (Å²) in [7, 11) is 0. The van der Waals surface area contributed by atoms with E-state index < -0.39 is 5.54 Å². The molecule has 3 N–H and O–H groups in total. The van der Waals surface area contributed by atoms with E-state index in [1.54, 1.807) is 36.0 Å². The fraction of sp³-hybridized carbons (Fsp3) is 0.333. The molecule has 22 heavy (non-hydrogen) atoms. The number of hydrogen-bond acceptors (Lipinski definition) is 4. The Morgan fingerprint density at radius 1 is 1.27 bits per heavy atom. The van der Waals surface area contributed by atoms with Gasteiger partial charge in [-0.2, -0.15) is 5.10 Å². The van der Waals surface area contributed by atoms with Crippen LogP contribution in [0.5, 0.6) is 0 Å². The first-order chi connectivity index (χ1) is 10.5. The Hall–Kier alpha value is -2.25. The number of rotatable bonds is 6. The van der Waals surface area contributed by atoms with Crippen LogP contribution < -0.4 is 5.32 Å². The van der Waals surface area contributed by atoms with Gasteiger partial charge in [0.2, 0.25) is 5.91 Å². The van der Waals surface area contributed by atoms with Gasteiger partial charge in [-0.15, -0.1) is 0 Å². The van der Waals surface area contributed by atoms with Crippen molar-refractivity contribution in [3.05, 3.63) is 48.0 Å². The first-order valence-electron chi connectivity index (χ1n) is 6.79. The Balaban J connectivity index is 2.03. The van der Waals surface area contributed by atoms with Crippen LogP contribution in [0.3, 0.4) is 0 Å². The number of nitrogens with zero attached hydrogens (tertiary/aromatic N) is 2. The minimum absolute atomic E-state index is 0.0176. The standard InChI is InChI=1S/C15H18FN3O3/c1-15(9-20,10-21)17-14(22)8-12-6-7-19(18-12)13-4-2-11(16)3-5-13/h2-7,20-21H,8-10H2,1H3,(H,17,22). The van der Waals surface area contributed by atoms with Crippen LogP contribution in [0.2, 0.25) is 0 Å². The molecule has 7 heteroatoms. The highest BCUT2D eigenvalue weighted by molar-refractivity contribution is 5.78. The van der Waals surface area contributed by atoms with Gasteiger partial charge >= 0.3 is 0 Å². The zero-order valence-electron chi connectivity index (χ0n) is 12.2. The molecule has 0 fully saturated rings. The van der Waals surface area contributed by atoms with E-state index >= 15 is 0 Å². The van der Waals surface area contributed by atoms with Crippen LogP contribution in [-0.2, 0) is 11.2 Å². The molecule has 0 bridgehead atoms. The fourth-order valence-electron chi connectivity index (χ4n) is 1.87. The summed E-state index contributed by atoms with van der Waals surface area (Å²) in [5, 5.41) is 25.1. The maximum Gasteiger partial charge on any atom is 0.226 e. The van der Waals surface area contributed by atoms with Crippen LogP contribution >= 0.6 is 0 Å². The van der Waals surface area contributed by atoms with Crippen molar-refractivity contribution in [3.8, 4) is 5.69 Å². The molecule has 118 valence electrons. The molecule has 0 unspecified atom stereocenters. The predicted octanol–water partition coefficient (Wildman–Crippen LogP) is 0.413. The Morgan fingerprint density at radius 3 is 2.50 bits per heavy atom. The van der Waals surface area contributed by atoms with Gasteiger partial charge in [0.15, 0.2) is 0 Å². The molecule has 2 rings (SSSR count). The number of carbonyl (C=O) groups is 1. The van der Waals surface area contributed by atoms with Gasteiger partial charge in [-0.1, -0.05) is 0 Å². The third kappa shape index (κ3) is 3.90. The summed E-state index contributed by atoms with van der Waals surface area (Å²) in [6.45, 7) is 0.820. The quantitative estimate of drug-likeness (QED) is 0.721. The second-order valence-corrected chi connectivity index (χ2v) is 5.33. The van der Waals surface area contributed by atoms with E-state index in [0.717, 1.165) is 0 Å². The van der Waals surface area contributed by atoms with Gasteiger partial charge in [-0.05, 0) is 37.3 Å². The molecule has 0 saturated heterocycles. The number of aromatic nitrogens is 2. The lowest BCUT2D eigenvalue weighted by atomic mass is 10.1. The summed E-state index contributed by atoms with van der Waals surface area (Å²) in [5.41, 5.74) is 0.153. The fourth-order valence-corrected chi connectivity index (χ4v) is 1.87. The number of carbonyl (C=O) groups excluding carboxylic acids is 1. The van der Waals surface area contributed by atoms with Crippen LogP contribution in [0.15, 0.2) is 36.5 Å². The van der Waals surface area contributed by atoms with E-state index in [4.69, 9.17) is 10.2 Å². The molecule has 0 atom stereocenters. The molecule has 0 radical (unpaired) electrons. The minimum atomic E-state index is -1.06.